The Bertz CT molecular complexity index is 583. The van der Waals surface area contributed by atoms with Gasteiger partial charge in [0.05, 0.1) is 30.5 Å². The highest BCUT2D eigenvalue weighted by Crippen LogP contribution is 2.28. The van der Waals surface area contributed by atoms with Crippen molar-refractivity contribution in [3.05, 3.63) is 53.5 Å². The molecule has 98 valence electrons. The number of nitrogens with zero attached hydrogens (tertiary/aromatic N) is 2. The van der Waals surface area contributed by atoms with Crippen molar-refractivity contribution in [3.8, 4) is 6.07 Å². The summed E-state index contributed by atoms with van der Waals surface area (Å²) in [4.78, 5) is 1.96. The molecule has 1 heterocycles. The van der Waals surface area contributed by atoms with Crippen molar-refractivity contribution in [2.45, 2.75) is 19.6 Å². The average molecular weight is 256 g/mol. The predicted octanol–water partition coefficient (Wildman–Crippen LogP) is 2.84. The third kappa shape index (κ3) is 2.95. The van der Waals surface area contributed by atoms with Crippen molar-refractivity contribution in [2.24, 2.45) is 0 Å². The maximum atomic E-state index is 9.81. The number of aliphatic hydroxyl groups is 1. The largest absolute Gasteiger partial charge is 0.467 e. The number of furan rings is 1. The lowest BCUT2D eigenvalue weighted by molar-refractivity contribution is 0.199. The van der Waals surface area contributed by atoms with Crippen LogP contribution in [0.4, 0.5) is 5.69 Å². The van der Waals surface area contributed by atoms with E-state index in [-0.39, 0.29) is 0 Å². The Kier molecular flexibility index (Phi) is 3.88. The first-order valence-corrected chi connectivity index (χ1v) is 6.07. The van der Waals surface area contributed by atoms with Crippen LogP contribution in [0.3, 0.4) is 0 Å². The molecule has 0 aliphatic rings. The molecule has 19 heavy (non-hydrogen) atoms. The van der Waals surface area contributed by atoms with Crippen molar-refractivity contribution in [2.75, 3.05) is 11.9 Å². The van der Waals surface area contributed by atoms with Crippen LogP contribution in [0.2, 0.25) is 0 Å². The summed E-state index contributed by atoms with van der Waals surface area (Å²) < 4.78 is 5.31. The zero-order chi connectivity index (χ0) is 13.8. The molecule has 4 heteroatoms. The molecule has 0 spiro atoms. The molecule has 0 radical (unpaired) electrons. The lowest BCUT2D eigenvalue weighted by Gasteiger charge is -2.23. The number of rotatable bonds is 4. The van der Waals surface area contributed by atoms with E-state index in [1.165, 1.54) is 0 Å². The first-order valence-electron chi connectivity index (χ1n) is 6.07. The second-order valence-electron chi connectivity index (χ2n) is 4.50. The molecule has 0 amide bonds. The lowest BCUT2D eigenvalue weighted by Crippen LogP contribution is -2.18. The average Bonchev–Trinajstić information content (AvgIpc) is 2.90. The van der Waals surface area contributed by atoms with E-state index >= 15 is 0 Å². The van der Waals surface area contributed by atoms with Crippen LogP contribution in [-0.2, 0) is 6.54 Å². The molecular formula is C15H16N2O2. The van der Waals surface area contributed by atoms with E-state index in [1.54, 1.807) is 31.4 Å². The van der Waals surface area contributed by atoms with Gasteiger partial charge in [-0.3, -0.25) is 0 Å². The summed E-state index contributed by atoms with van der Waals surface area (Å²) in [6, 6.07) is 11.1. The van der Waals surface area contributed by atoms with Crippen LogP contribution in [0.25, 0.3) is 0 Å². The quantitative estimate of drug-likeness (QED) is 0.913. The summed E-state index contributed by atoms with van der Waals surface area (Å²) in [5, 5.41) is 18.8. The van der Waals surface area contributed by atoms with Crippen LogP contribution in [0.15, 0.2) is 41.0 Å². The summed E-state index contributed by atoms with van der Waals surface area (Å²) in [7, 11) is 1.91. The van der Waals surface area contributed by atoms with Crippen molar-refractivity contribution in [3.63, 3.8) is 0 Å². The number of aliphatic hydroxyl groups excluding tert-OH is 1. The smallest absolute Gasteiger partial charge is 0.123 e. The molecule has 0 saturated carbocycles. The van der Waals surface area contributed by atoms with Crippen molar-refractivity contribution < 1.29 is 9.52 Å². The monoisotopic (exact) mass is 256 g/mol. The first-order chi connectivity index (χ1) is 9.11. The van der Waals surface area contributed by atoms with E-state index in [4.69, 9.17) is 9.68 Å². The molecular weight excluding hydrogens is 240 g/mol. The molecule has 1 aromatic heterocycles. The van der Waals surface area contributed by atoms with E-state index < -0.39 is 6.10 Å². The Morgan fingerprint density at radius 2 is 2.21 bits per heavy atom. The van der Waals surface area contributed by atoms with Crippen LogP contribution in [0.1, 0.15) is 29.9 Å². The van der Waals surface area contributed by atoms with Gasteiger partial charge in [0.2, 0.25) is 0 Å². The zero-order valence-corrected chi connectivity index (χ0v) is 11.0. The van der Waals surface area contributed by atoms with Gasteiger partial charge in [-0.15, -0.1) is 0 Å². The second-order valence-corrected chi connectivity index (χ2v) is 4.50. The first kappa shape index (κ1) is 13.2. The number of anilines is 1. The summed E-state index contributed by atoms with van der Waals surface area (Å²) in [5.41, 5.74) is 2.21. The summed E-state index contributed by atoms with van der Waals surface area (Å²) in [6.45, 7) is 2.30. The maximum Gasteiger partial charge on any atom is 0.123 e. The van der Waals surface area contributed by atoms with E-state index in [1.807, 2.05) is 24.1 Å². The summed E-state index contributed by atoms with van der Waals surface area (Å²) in [6.07, 6.45) is 1.05. The Balaban J connectivity index is 2.33. The van der Waals surface area contributed by atoms with Crippen LogP contribution < -0.4 is 4.90 Å². The molecule has 4 nitrogen and oxygen atoms in total. The molecule has 0 saturated heterocycles. The van der Waals surface area contributed by atoms with Crippen LogP contribution >= 0.6 is 0 Å². The number of nitriles is 1. The van der Waals surface area contributed by atoms with E-state index in [0.717, 1.165) is 17.0 Å². The molecule has 1 aromatic carbocycles. The third-order valence-corrected chi connectivity index (χ3v) is 2.99. The van der Waals surface area contributed by atoms with Crippen molar-refractivity contribution in [1.82, 2.24) is 0 Å². The molecule has 1 unspecified atom stereocenters. The number of hydrogen-bond acceptors (Lipinski definition) is 4. The molecule has 1 atom stereocenters. The standard InChI is InChI=1S/C15H16N2O2/c1-11(18)14-6-5-12(9-16)8-15(14)17(2)10-13-4-3-7-19-13/h3-8,11,18H,10H2,1-2H3. The minimum absolute atomic E-state index is 0.575. The van der Waals surface area contributed by atoms with Gasteiger partial charge in [-0.05, 0) is 31.2 Å². The Morgan fingerprint density at radius 1 is 1.42 bits per heavy atom. The van der Waals surface area contributed by atoms with Gasteiger partial charge in [0, 0.05) is 18.3 Å². The fourth-order valence-electron chi connectivity index (χ4n) is 2.02. The zero-order valence-electron chi connectivity index (χ0n) is 11.0. The third-order valence-electron chi connectivity index (χ3n) is 2.99. The normalized spacial score (nSPS) is 11.9. The SMILES string of the molecule is CC(O)c1ccc(C#N)cc1N(C)Cc1ccco1. The minimum atomic E-state index is -0.582. The molecule has 0 aliphatic heterocycles. The van der Waals surface area contributed by atoms with Gasteiger partial charge in [0.25, 0.3) is 0 Å². The Hall–Kier alpha value is -2.25. The summed E-state index contributed by atoms with van der Waals surface area (Å²) in [5.74, 6) is 0.835. The Labute approximate surface area is 112 Å². The van der Waals surface area contributed by atoms with Crippen molar-refractivity contribution >= 4 is 5.69 Å². The molecule has 2 aromatic rings. The molecule has 0 fully saturated rings. The maximum absolute atomic E-state index is 9.81. The van der Waals surface area contributed by atoms with Gasteiger partial charge in [0.15, 0.2) is 0 Å². The van der Waals surface area contributed by atoms with E-state index in [2.05, 4.69) is 6.07 Å². The van der Waals surface area contributed by atoms with Gasteiger partial charge in [0.1, 0.15) is 5.76 Å². The van der Waals surface area contributed by atoms with Crippen LogP contribution in [0, 0.1) is 11.3 Å². The van der Waals surface area contributed by atoms with Gasteiger partial charge < -0.3 is 14.4 Å². The highest BCUT2D eigenvalue weighted by molar-refractivity contribution is 5.58. The number of benzene rings is 1. The molecule has 0 bridgehead atoms. The van der Waals surface area contributed by atoms with Gasteiger partial charge >= 0.3 is 0 Å². The van der Waals surface area contributed by atoms with Crippen LogP contribution in [0.5, 0.6) is 0 Å². The second kappa shape index (κ2) is 5.59. The molecule has 1 N–H and O–H groups in total. The minimum Gasteiger partial charge on any atom is -0.467 e. The van der Waals surface area contributed by atoms with Gasteiger partial charge in [-0.25, -0.2) is 0 Å². The highest BCUT2D eigenvalue weighted by Gasteiger charge is 2.13. The molecule has 0 aliphatic carbocycles. The van der Waals surface area contributed by atoms with Crippen LogP contribution in [-0.4, -0.2) is 12.2 Å². The number of hydrogen-bond donors (Lipinski definition) is 1. The topological polar surface area (TPSA) is 60.4 Å². The van der Waals surface area contributed by atoms with Gasteiger partial charge in [-0.2, -0.15) is 5.26 Å². The van der Waals surface area contributed by atoms with E-state index in [9.17, 15) is 5.11 Å². The van der Waals surface area contributed by atoms with E-state index in [0.29, 0.717) is 12.1 Å². The van der Waals surface area contributed by atoms with Crippen molar-refractivity contribution in [1.29, 1.82) is 5.26 Å². The fraction of sp³-hybridized carbons (Fsp3) is 0.267. The predicted molar refractivity (Wildman–Crippen MR) is 72.6 cm³/mol. The fourth-order valence-corrected chi connectivity index (χ4v) is 2.02. The Morgan fingerprint density at radius 3 is 2.79 bits per heavy atom. The molecule has 2 rings (SSSR count). The summed E-state index contributed by atoms with van der Waals surface area (Å²) >= 11 is 0. The lowest BCUT2D eigenvalue weighted by atomic mass is 10.0. The highest BCUT2D eigenvalue weighted by atomic mass is 16.3. The van der Waals surface area contributed by atoms with Gasteiger partial charge in [-0.1, -0.05) is 6.07 Å².